The zero-order valence-electron chi connectivity index (χ0n) is 18.7. The quantitative estimate of drug-likeness (QED) is 0.465. The van der Waals surface area contributed by atoms with Crippen molar-refractivity contribution in [3.05, 3.63) is 57.6 Å². The maximum absolute atomic E-state index is 13.0. The summed E-state index contributed by atoms with van der Waals surface area (Å²) in [6, 6.07) is 9.56. The van der Waals surface area contributed by atoms with Gasteiger partial charge in [-0.3, -0.25) is 14.9 Å². The maximum Gasteiger partial charge on any atom is 0.409 e. The van der Waals surface area contributed by atoms with Crippen molar-refractivity contribution in [3.8, 4) is 11.5 Å². The minimum absolute atomic E-state index is 0.00698. The number of ether oxygens (including phenoxy) is 3. The van der Waals surface area contributed by atoms with E-state index in [1.54, 1.807) is 30.0 Å². The van der Waals surface area contributed by atoms with Crippen LogP contribution in [0.3, 0.4) is 0 Å². The first-order valence-corrected chi connectivity index (χ1v) is 11.1. The van der Waals surface area contributed by atoms with Crippen molar-refractivity contribution in [1.29, 1.82) is 0 Å². The normalized spacial score (nSPS) is 15.0. The second-order valence-electron chi connectivity index (χ2n) is 7.96. The fraction of sp³-hybridized carbons (Fsp3) is 0.391. The van der Waals surface area contributed by atoms with Crippen molar-refractivity contribution in [2.75, 3.05) is 31.8 Å². The summed E-state index contributed by atoms with van der Waals surface area (Å²) in [4.78, 5) is 37.3. The van der Waals surface area contributed by atoms with Crippen LogP contribution in [0.2, 0.25) is 0 Å². The molecule has 2 aliphatic rings. The Morgan fingerprint density at radius 1 is 1.15 bits per heavy atom. The van der Waals surface area contributed by atoms with Gasteiger partial charge in [-0.2, -0.15) is 0 Å². The van der Waals surface area contributed by atoms with Crippen LogP contribution in [0.1, 0.15) is 35.7 Å². The van der Waals surface area contributed by atoms with Crippen LogP contribution in [-0.2, 0) is 11.3 Å². The van der Waals surface area contributed by atoms with E-state index in [4.69, 9.17) is 14.2 Å². The molecular weight excluding hydrogens is 444 g/mol. The number of nitrogens with zero attached hydrogens (tertiary/aromatic N) is 2. The Bertz CT molecular complexity index is 1080. The van der Waals surface area contributed by atoms with Crippen LogP contribution in [0.5, 0.6) is 11.5 Å². The van der Waals surface area contributed by atoms with E-state index in [1.165, 1.54) is 12.1 Å². The van der Waals surface area contributed by atoms with Crippen LogP contribution in [0.4, 0.5) is 16.2 Å². The summed E-state index contributed by atoms with van der Waals surface area (Å²) in [5, 5.41) is 17.4. The summed E-state index contributed by atoms with van der Waals surface area (Å²) in [6.07, 6.45) is 0.988. The number of carbonyl (C=O) groups is 2. The molecule has 2 heterocycles. The van der Waals surface area contributed by atoms with E-state index in [9.17, 15) is 19.7 Å². The standard InChI is InChI=1S/C23H26N4O7/c1-2-32-23(29)26-9-7-16(8-10-26)25-19-5-4-17(27(30)31)12-18(19)22(28)24-13-15-3-6-20-21(11-15)34-14-33-20/h3-6,11-12,16,25H,2,7-10,13-14H2,1H3,(H,24,28). The first kappa shape index (κ1) is 23.1. The smallest absolute Gasteiger partial charge is 0.409 e. The molecule has 0 spiro atoms. The Hall–Kier alpha value is -4.02. The van der Waals surface area contributed by atoms with E-state index in [-0.39, 0.29) is 36.7 Å². The molecule has 2 aliphatic heterocycles. The summed E-state index contributed by atoms with van der Waals surface area (Å²) in [5.41, 5.74) is 1.32. The lowest BCUT2D eigenvalue weighted by Crippen LogP contribution is -2.42. The average molecular weight is 470 g/mol. The lowest BCUT2D eigenvalue weighted by molar-refractivity contribution is -0.384. The largest absolute Gasteiger partial charge is 0.454 e. The van der Waals surface area contributed by atoms with Crippen molar-refractivity contribution in [3.63, 3.8) is 0 Å². The molecule has 180 valence electrons. The van der Waals surface area contributed by atoms with Gasteiger partial charge in [-0.1, -0.05) is 6.07 Å². The molecule has 34 heavy (non-hydrogen) atoms. The van der Waals surface area contributed by atoms with E-state index in [1.807, 2.05) is 6.07 Å². The fourth-order valence-corrected chi connectivity index (χ4v) is 3.93. The number of fused-ring (bicyclic) bond motifs is 1. The monoisotopic (exact) mass is 470 g/mol. The second-order valence-corrected chi connectivity index (χ2v) is 7.96. The van der Waals surface area contributed by atoms with Crippen molar-refractivity contribution >= 4 is 23.4 Å². The first-order valence-electron chi connectivity index (χ1n) is 11.1. The molecule has 11 heteroatoms. The van der Waals surface area contributed by atoms with Crippen molar-refractivity contribution in [2.24, 2.45) is 0 Å². The summed E-state index contributed by atoms with van der Waals surface area (Å²) in [5.74, 6) is 0.820. The van der Waals surface area contributed by atoms with Gasteiger partial charge in [0.15, 0.2) is 11.5 Å². The van der Waals surface area contributed by atoms with E-state index >= 15 is 0 Å². The van der Waals surface area contributed by atoms with Gasteiger partial charge in [0.1, 0.15) is 0 Å². The zero-order chi connectivity index (χ0) is 24.1. The first-order chi connectivity index (χ1) is 16.4. The minimum Gasteiger partial charge on any atom is -0.454 e. The van der Waals surface area contributed by atoms with Gasteiger partial charge in [0.05, 0.1) is 17.1 Å². The number of piperidine rings is 1. The summed E-state index contributed by atoms with van der Waals surface area (Å²) in [7, 11) is 0. The molecule has 1 saturated heterocycles. The SMILES string of the molecule is CCOC(=O)N1CCC(Nc2ccc([N+](=O)[O-])cc2C(=O)NCc2ccc3c(c2)OCO3)CC1. The Balaban J connectivity index is 1.43. The average Bonchev–Trinajstić information content (AvgIpc) is 3.31. The lowest BCUT2D eigenvalue weighted by atomic mass is 10.0. The van der Waals surface area contributed by atoms with Crippen LogP contribution < -0.4 is 20.1 Å². The van der Waals surface area contributed by atoms with Gasteiger partial charge in [0.2, 0.25) is 6.79 Å². The number of benzene rings is 2. The number of nitrogens with one attached hydrogen (secondary N) is 2. The van der Waals surface area contributed by atoms with Crippen molar-refractivity contribution in [1.82, 2.24) is 10.2 Å². The number of nitro groups is 1. The molecule has 0 saturated carbocycles. The van der Waals surface area contributed by atoms with Gasteiger partial charge in [0.25, 0.3) is 11.6 Å². The number of nitro benzene ring substituents is 1. The summed E-state index contributed by atoms with van der Waals surface area (Å²) >= 11 is 0. The number of anilines is 1. The number of hydrogen-bond acceptors (Lipinski definition) is 8. The highest BCUT2D eigenvalue weighted by Gasteiger charge is 2.25. The Labute approximate surface area is 196 Å². The molecule has 2 aromatic carbocycles. The van der Waals surface area contributed by atoms with Crippen LogP contribution in [0.25, 0.3) is 0 Å². The molecule has 2 N–H and O–H groups in total. The van der Waals surface area contributed by atoms with Gasteiger partial charge < -0.3 is 29.7 Å². The molecule has 0 bridgehead atoms. The summed E-state index contributed by atoms with van der Waals surface area (Å²) in [6.45, 7) is 3.51. The fourth-order valence-electron chi connectivity index (χ4n) is 3.93. The predicted octanol–water partition coefficient (Wildman–Crippen LogP) is 3.29. The molecular formula is C23H26N4O7. The van der Waals surface area contributed by atoms with Gasteiger partial charge in [-0.25, -0.2) is 4.79 Å². The number of hydrogen-bond donors (Lipinski definition) is 2. The topological polar surface area (TPSA) is 132 Å². The van der Waals surface area contributed by atoms with Gasteiger partial charge in [0, 0.05) is 43.5 Å². The Kier molecular flexibility index (Phi) is 7.00. The highest BCUT2D eigenvalue weighted by molar-refractivity contribution is 6.00. The van der Waals surface area contributed by atoms with Crippen LogP contribution in [0.15, 0.2) is 36.4 Å². The molecule has 0 aromatic heterocycles. The van der Waals surface area contributed by atoms with E-state index in [0.29, 0.717) is 49.7 Å². The van der Waals surface area contributed by atoms with Crippen LogP contribution in [0, 0.1) is 10.1 Å². The van der Waals surface area contributed by atoms with Crippen molar-refractivity contribution in [2.45, 2.75) is 32.4 Å². The number of non-ortho nitro benzene ring substituents is 1. The number of likely N-dealkylation sites (tertiary alicyclic amines) is 1. The third-order valence-corrected chi connectivity index (χ3v) is 5.73. The molecule has 0 radical (unpaired) electrons. The number of carbonyl (C=O) groups excluding carboxylic acids is 2. The maximum atomic E-state index is 13.0. The van der Waals surface area contributed by atoms with E-state index in [2.05, 4.69) is 10.6 Å². The second kappa shape index (κ2) is 10.3. The third-order valence-electron chi connectivity index (χ3n) is 5.73. The predicted molar refractivity (Wildman–Crippen MR) is 122 cm³/mol. The molecule has 0 unspecified atom stereocenters. The molecule has 4 rings (SSSR count). The van der Waals surface area contributed by atoms with Crippen LogP contribution >= 0.6 is 0 Å². The molecule has 2 amide bonds. The minimum atomic E-state index is -0.532. The molecule has 2 aromatic rings. The van der Waals surface area contributed by atoms with Crippen LogP contribution in [-0.4, -0.2) is 54.4 Å². The van der Waals surface area contributed by atoms with Gasteiger partial charge in [-0.15, -0.1) is 0 Å². The zero-order valence-corrected chi connectivity index (χ0v) is 18.7. The van der Waals surface area contributed by atoms with E-state index < -0.39 is 10.8 Å². The third kappa shape index (κ3) is 5.30. The Morgan fingerprint density at radius 3 is 2.65 bits per heavy atom. The Morgan fingerprint density at radius 2 is 1.91 bits per heavy atom. The van der Waals surface area contributed by atoms with Gasteiger partial charge in [-0.05, 0) is 43.5 Å². The molecule has 11 nitrogen and oxygen atoms in total. The number of rotatable bonds is 7. The highest BCUT2D eigenvalue weighted by Crippen LogP contribution is 2.32. The highest BCUT2D eigenvalue weighted by atomic mass is 16.7. The summed E-state index contributed by atoms with van der Waals surface area (Å²) < 4.78 is 15.7. The molecule has 1 fully saturated rings. The molecule has 0 atom stereocenters. The van der Waals surface area contributed by atoms with Crippen molar-refractivity contribution < 1.29 is 28.7 Å². The number of amides is 2. The van der Waals surface area contributed by atoms with Gasteiger partial charge >= 0.3 is 6.09 Å². The lowest BCUT2D eigenvalue weighted by Gasteiger charge is -2.32. The van der Waals surface area contributed by atoms with E-state index in [0.717, 1.165) is 5.56 Å². The molecule has 0 aliphatic carbocycles.